The molecule has 4 heteroatoms. The molecule has 1 atom stereocenters. The van der Waals surface area contributed by atoms with Gasteiger partial charge in [0.2, 0.25) is 0 Å². The van der Waals surface area contributed by atoms with Gasteiger partial charge in [-0.1, -0.05) is 20.3 Å². The van der Waals surface area contributed by atoms with Gasteiger partial charge in [-0.05, 0) is 30.3 Å². The monoisotopic (exact) mass is 250 g/mol. The van der Waals surface area contributed by atoms with E-state index in [0.29, 0.717) is 5.92 Å². The molecule has 0 fully saturated rings. The van der Waals surface area contributed by atoms with Crippen molar-refractivity contribution in [2.24, 2.45) is 5.92 Å². The Labute approximate surface area is 106 Å². The van der Waals surface area contributed by atoms with E-state index in [9.17, 15) is 0 Å². The number of aromatic nitrogens is 2. The highest BCUT2D eigenvalue weighted by molar-refractivity contribution is 7.71. The molecule has 1 unspecified atom stereocenters. The van der Waals surface area contributed by atoms with Crippen molar-refractivity contribution in [3.63, 3.8) is 0 Å². The van der Waals surface area contributed by atoms with Gasteiger partial charge in [-0.3, -0.25) is 0 Å². The van der Waals surface area contributed by atoms with Gasteiger partial charge in [-0.15, -0.1) is 0 Å². The fourth-order valence-corrected chi connectivity index (χ4v) is 2.17. The van der Waals surface area contributed by atoms with Crippen molar-refractivity contribution in [3.05, 3.63) is 23.0 Å². The Bertz CT molecular complexity index is 570. The molecule has 1 heterocycles. The molecule has 17 heavy (non-hydrogen) atoms. The topological polar surface area (TPSA) is 29.9 Å². The van der Waals surface area contributed by atoms with Crippen LogP contribution in [0, 0.1) is 10.7 Å². The second-order valence-corrected chi connectivity index (χ2v) is 4.82. The molecule has 2 aromatic rings. The Kier molecular flexibility index (Phi) is 3.52. The molecule has 92 valence electrons. The fourth-order valence-electron chi connectivity index (χ4n) is 1.89. The molecular formula is C13H18N2OS. The number of ether oxygens (including phenoxy) is 1. The first-order valence-corrected chi connectivity index (χ1v) is 6.33. The number of rotatable bonds is 4. The van der Waals surface area contributed by atoms with Crippen molar-refractivity contribution in [1.82, 2.24) is 9.55 Å². The van der Waals surface area contributed by atoms with Gasteiger partial charge in [-0.2, -0.15) is 0 Å². The maximum atomic E-state index is 5.37. The number of hydrogen-bond donors (Lipinski definition) is 1. The van der Waals surface area contributed by atoms with Crippen LogP contribution >= 0.6 is 12.2 Å². The van der Waals surface area contributed by atoms with Crippen LogP contribution in [-0.4, -0.2) is 16.7 Å². The molecule has 0 aliphatic heterocycles. The molecule has 2 rings (SSSR count). The van der Waals surface area contributed by atoms with Gasteiger partial charge < -0.3 is 14.3 Å². The van der Waals surface area contributed by atoms with E-state index in [-0.39, 0.29) is 0 Å². The smallest absolute Gasteiger partial charge is 0.178 e. The summed E-state index contributed by atoms with van der Waals surface area (Å²) in [6.45, 7) is 5.40. The number of imidazole rings is 1. The van der Waals surface area contributed by atoms with E-state index in [1.165, 1.54) is 0 Å². The molecule has 0 bridgehead atoms. The fraction of sp³-hybridized carbons (Fsp3) is 0.462. The Morgan fingerprint density at radius 1 is 1.47 bits per heavy atom. The lowest BCUT2D eigenvalue weighted by Gasteiger charge is -2.10. The minimum absolute atomic E-state index is 0.628. The molecule has 0 radical (unpaired) electrons. The van der Waals surface area contributed by atoms with Crippen LogP contribution in [0.4, 0.5) is 0 Å². The van der Waals surface area contributed by atoms with Crippen LogP contribution in [0.1, 0.15) is 20.3 Å². The van der Waals surface area contributed by atoms with Crippen molar-refractivity contribution >= 4 is 23.3 Å². The largest absolute Gasteiger partial charge is 0.497 e. The Hall–Kier alpha value is -1.29. The Morgan fingerprint density at radius 3 is 2.88 bits per heavy atom. The lowest BCUT2D eigenvalue weighted by molar-refractivity contribution is 0.415. The SMILES string of the molecule is CCC(C)Cn1c(=S)[nH]c2cc(OC)ccc21. The van der Waals surface area contributed by atoms with Crippen LogP contribution in [0.25, 0.3) is 11.0 Å². The molecule has 0 spiro atoms. The van der Waals surface area contributed by atoms with Crippen LogP contribution in [0.2, 0.25) is 0 Å². The molecular weight excluding hydrogens is 232 g/mol. The average Bonchev–Trinajstić information content (AvgIpc) is 2.64. The number of H-pyrrole nitrogens is 1. The molecule has 0 saturated heterocycles. The summed E-state index contributed by atoms with van der Waals surface area (Å²) < 4.78 is 8.16. The van der Waals surface area contributed by atoms with Gasteiger partial charge in [0, 0.05) is 12.6 Å². The van der Waals surface area contributed by atoms with Gasteiger partial charge in [0.1, 0.15) is 5.75 Å². The number of nitrogens with one attached hydrogen (secondary N) is 1. The van der Waals surface area contributed by atoms with E-state index < -0.39 is 0 Å². The number of fused-ring (bicyclic) bond motifs is 1. The highest BCUT2D eigenvalue weighted by atomic mass is 32.1. The molecule has 3 nitrogen and oxygen atoms in total. The van der Waals surface area contributed by atoms with Gasteiger partial charge in [0.05, 0.1) is 18.1 Å². The summed E-state index contributed by atoms with van der Waals surface area (Å²) in [7, 11) is 1.67. The van der Waals surface area contributed by atoms with Crippen molar-refractivity contribution in [1.29, 1.82) is 0 Å². The Balaban J connectivity index is 2.49. The molecule has 0 amide bonds. The quantitative estimate of drug-likeness (QED) is 0.837. The van der Waals surface area contributed by atoms with Crippen molar-refractivity contribution in [2.75, 3.05) is 7.11 Å². The number of aromatic amines is 1. The minimum Gasteiger partial charge on any atom is -0.497 e. The predicted molar refractivity (Wildman–Crippen MR) is 73.1 cm³/mol. The summed E-state index contributed by atoms with van der Waals surface area (Å²) in [6, 6.07) is 6.01. The maximum absolute atomic E-state index is 5.37. The average molecular weight is 250 g/mol. The van der Waals surface area contributed by atoms with E-state index >= 15 is 0 Å². The van der Waals surface area contributed by atoms with E-state index in [4.69, 9.17) is 17.0 Å². The third-order valence-electron chi connectivity index (χ3n) is 3.17. The van der Waals surface area contributed by atoms with Crippen LogP contribution < -0.4 is 4.74 Å². The molecule has 1 aromatic heterocycles. The highest BCUT2D eigenvalue weighted by Gasteiger charge is 2.08. The van der Waals surface area contributed by atoms with E-state index in [2.05, 4.69) is 29.5 Å². The van der Waals surface area contributed by atoms with E-state index in [0.717, 1.165) is 34.5 Å². The van der Waals surface area contributed by atoms with E-state index in [1.807, 2.05) is 12.1 Å². The molecule has 1 N–H and O–H groups in total. The minimum atomic E-state index is 0.628. The zero-order chi connectivity index (χ0) is 12.4. The molecule has 0 saturated carbocycles. The van der Waals surface area contributed by atoms with Crippen molar-refractivity contribution < 1.29 is 4.74 Å². The van der Waals surface area contributed by atoms with Crippen molar-refractivity contribution in [3.8, 4) is 5.75 Å². The summed E-state index contributed by atoms with van der Waals surface area (Å²) in [5.74, 6) is 1.48. The van der Waals surface area contributed by atoms with Crippen molar-refractivity contribution in [2.45, 2.75) is 26.8 Å². The van der Waals surface area contributed by atoms with Crippen LogP contribution in [0.3, 0.4) is 0 Å². The third-order valence-corrected chi connectivity index (χ3v) is 3.49. The normalized spacial score (nSPS) is 12.9. The zero-order valence-corrected chi connectivity index (χ0v) is 11.3. The predicted octanol–water partition coefficient (Wildman–Crippen LogP) is 3.75. The summed E-state index contributed by atoms with van der Waals surface area (Å²) in [5, 5.41) is 0. The number of nitrogens with zero attached hydrogens (tertiary/aromatic N) is 1. The first-order chi connectivity index (χ1) is 8.15. The molecule has 1 aromatic carbocycles. The second kappa shape index (κ2) is 4.92. The van der Waals surface area contributed by atoms with Gasteiger partial charge in [0.25, 0.3) is 0 Å². The van der Waals surface area contributed by atoms with Crippen LogP contribution in [-0.2, 0) is 6.54 Å². The summed E-state index contributed by atoms with van der Waals surface area (Å²) >= 11 is 5.37. The van der Waals surface area contributed by atoms with E-state index in [1.54, 1.807) is 7.11 Å². The lowest BCUT2D eigenvalue weighted by Crippen LogP contribution is -2.06. The molecule has 0 aliphatic rings. The second-order valence-electron chi connectivity index (χ2n) is 4.44. The van der Waals surface area contributed by atoms with Crippen LogP contribution in [0.5, 0.6) is 5.75 Å². The zero-order valence-electron chi connectivity index (χ0n) is 10.5. The number of hydrogen-bond acceptors (Lipinski definition) is 2. The number of methoxy groups -OCH3 is 1. The van der Waals surface area contributed by atoms with Crippen LogP contribution in [0.15, 0.2) is 18.2 Å². The summed E-state index contributed by atoms with van der Waals surface area (Å²) in [4.78, 5) is 3.23. The summed E-state index contributed by atoms with van der Waals surface area (Å²) in [6.07, 6.45) is 1.16. The lowest BCUT2D eigenvalue weighted by atomic mass is 10.1. The first-order valence-electron chi connectivity index (χ1n) is 5.92. The molecule has 0 aliphatic carbocycles. The summed E-state index contributed by atoms with van der Waals surface area (Å²) in [5.41, 5.74) is 2.19. The van der Waals surface area contributed by atoms with Gasteiger partial charge in [-0.25, -0.2) is 0 Å². The third kappa shape index (κ3) is 2.36. The van der Waals surface area contributed by atoms with Gasteiger partial charge in [0.15, 0.2) is 4.77 Å². The Morgan fingerprint density at radius 2 is 2.24 bits per heavy atom. The number of benzene rings is 1. The first kappa shape index (κ1) is 12.2. The standard InChI is InChI=1S/C13H18N2OS/c1-4-9(2)8-15-12-6-5-10(16-3)7-11(12)14-13(15)17/h5-7,9H,4,8H2,1-3H3,(H,14,17). The highest BCUT2D eigenvalue weighted by Crippen LogP contribution is 2.21. The maximum Gasteiger partial charge on any atom is 0.178 e. The van der Waals surface area contributed by atoms with Gasteiger partial charge >= 0.3 is 0 Å².